The van der Waals surface area contributed by atoms with Crippen molar-refractivity contribution in [3.63, 3.8) is 0 Å². The number of carbonyl (C=O) groups excluding carboxylic acids is 1. The number of nitrogens with two attached hydrogens (primary N) is 1. The monoisotopic (exact) mass is 230 g/mol. The average molecular weight is 230 g/mol. The maximum absolute atomic E-state index is 11.4. The zero-order chi connectivity index (χ0) is 11.5. The summed E-state index contributed by atoms with van der Waals surface area (Å²) >= 11 is 0. The Kier molecular flexibility index (Phi) is 3.40. The van der Waals surface area contributed by atoms with E-state index in [2.05, 4.69) is 4.84 Å². The van der Waals surface area contributed by atoms with Gasteiger partial charge in [-0.3, -0.25) is 9.63 Å². The highest BCUT2D eigenvalue weighted by molar-refractivity contribution is 7.89. The molecular formula is C8H10N2O4S. The molecule has 0 aromatic heterocycles. The van der Waals surface area contributed by atoms with Gasteiger partial charge in [0.15, 0.2) is 0 Å². The van der Waals surface area contributed by atoms with Gasteiger partial charge in [-0.1, -0.05) is 11.0 Å². The van der Waals surface area contributed by atoms with Crippen LogP contribution in [0.4, 0.5) is 0 Å². The van der Waals surface area contributed by atoms with Crippen molar-refractivity contribution in [2.75, 3.05) is 7.11 Å². The van der Waals surface area contributed by atoms with Crippen LogP contribution in [0.2, 0.25) is 0 Å². The van der Waals surface area contributed by atoms with Crippen molar-refractivity contribution in [1.29, 1.82) is 0 Å². The molecule has 0 heterocycles. The van der Waals surface area contributed by atoms with E-state index in [0.717, 1.165) is 0 Å². The van der Waals surface area contributed by atoms with Crippen LogP contribution in [0.1, 0.15) is 10.4 Å². The summed E-state index contributed by atoms with van der Waals surface area (Å²) in [5.74, 6) is -0.690. The fourth-order valence-electron chi connectivity index (χ4n) is 0.974. The van der Waals surface area contributed by atoms with Gasteiger partial charge < -0.3 is 5.73 Å². The number of sulfonamides is 1. The van der Waals surface area contributed by atoms with Crippen LogP contribution in [0, 0.1) is 0 Å². The summed E-state index contributed by atoms with van der Waals surface area (Å²) in [6.07, 6.45) is 0. The SMILES string of the molecule is CONS(=O)(=O)c1cccc(C(N)=O)c1. The van der Waals surface area contributed by atoms with E-state index in [4.69, 9.17) is 5.73 Å². The lowest BCUT2D eigenvalue weighted by molar-refractivity contribution is 0.1000. The minimum absolute atomic E-state index is 0.0827. The lowest BCUT2D eigenvalue weighted by Crippen LogP contribution is -2.23. The van der Waals surface area contributed by atoms with E-state index in [0.29, 0.717) is 0 Å². The minimum atomic E-state index is -3.75. The lowest BCUT2D eigenvalue weighted by Gasteiger charge is -2.04. The topological polar surface area (TPSA) is 98.5 Å². The summed E-state index contributed by atoms with van der Waals surface area (Å²) in [5, 5.41) is 0. The standard InChI is InChI=1S/C8H10N2O4S/c1-14-10-15(12,13)7-4-2-3-6(5-7)8(9)11/h2-5,10H,1H3,(H2,9,11). The summed E-state index contributed by atoms with van der Waals surface area (Å²) < 4.78 is 22.8. The maximum Gasteiger partial charge on any atom is 0.262 e. The molecule has 7 heteroatoms. The third-order valence-electron chi connectivity index (χ3n) is 1.62. The summed E-state index contributed by atoms with van der Waals surface area (Å²) in [6, 6.07) is 5.34. The van der Waals surface area contributed by atoms with E-state index in [1.165, 1.54) is 31.4 Å². The molecule has 0 atom stereocenters. The summed E-state index contributed by atoms with van der Waals surface area (Å²) in [6.45, 7) is 0. The van der Waals surface area contributed by atoms with E-state index in [1.807, 2.05) is 4.89 Å². The Balaban J connectivity index is 3.16. The zero-order valence-electron chi connectivity index (χ0n) is 7.93. The van der Waals surface area contributed by atoms with Crippen molar-refractivity contribution in [3.8, 4) is 0 Å². The molecule has 1 rings (SSSR count). The van der Waals surface area contributed by atoms with Crippen LogP contribution in [0.25, 0.3) is 0 Å². The van der Waals surface area contributed by atoms with Crippen molar-refractivity contribution in [3.05, 3.63) is 29.8 Å². The molecule has 82 valence electrons. The zero-order valence-corrected chi connectivity index (χ0v) is 8.74. The molecule has 0 aliphatic carbocycles. The van der Waals surface area contributed by atoms with Crippen LogP contribution in [0.3, 0.4) is 0 Å². The van der Waals surface area contributed by atoms with Crippen molar-refractivity contribution >= 4 is 15.9 Å². The van der Waals surface area contributed by atoms with E-state index in [-0.39, 0.29) is 10.5 Å². The first-order valence-corrected chi connectivity index (χ1v) is 5.40. The molecule has 0 aliphatic rings. The quantitative estimate of drug-likeness (QED) is 0.689. The molecule has 6 nitrogen and oxygen atoms in total. The Bertz CT molecular complexity index is 469. The van der Waals surface area contributed by atoms with Crippen LogP contribution in [0.15, 0.2) is 29.2 Å². The molecule has 0 radical (unpaired) electrons. The molecule has 0 fully saturated rings. The second-order valence-corrected chi connectivity index (χ2v) is 4.33. The Morgan fingerprint density at radius 2 is 2.13 bits per heavy atom. The predicted molar refractivity (Wildman–Crippen MR) is 52.3 cm³/mol. The number of amides is 1. The van der Waals surface area contributed by atoms with Gasteiger partial charge in [-0.15, -0.1) is 0 Å². The van der Waals surface area contributed by atoms with E-state index < -0.39 is 15.9 Å². The van der Waals surface area contributed by atoms with Crippen LogP contribution in [0.5, 0.6) is 0 Å². The van der Waals surface area contributed by atoms with E-state index in [9.17, 15) is 13.2 Å². The lowest BCUT2D eigenvalue weighted by atomic mass is 10.2. The third-order valence-corrected chi connectivity index (χ3v) is 2.88. The van der Waals surface area contributed by atoms with Gasteiger partial charge in [0.2, 0.25) is 5.91 Å². The first-order chi connectivity index (χ1) is 6.97. The molecule has 1 aromatic rings. The van der Waals surface area contributed by atoms with Crippen molar-refractivity contribution in [2.45, 2.75) is 4.90 Å². The van der Waals surface area contributed by atoms with Crippen molar-refractivity contribution in [1.82, 2.24) is 4.89 Å². The molecule has 15 heavy (non-hydrogen) atoms. The molecule has 0 bridgehead atoms. The van der Waals surface area contributed by atoms with Crippen LogP contribution < -0.4 is 10.6 Å². The molecule has 3 N–H and O–H groups in total. The molecular weight excluding hydrogens is 220 g/mol. The Hall–Kier alpha value is -1.44. The van der Waals surface area contributed by atoms with E-state index >= 15 is 0 Å². The maximum atomic E-state index is 11.4. The van der Waals surface area contributed by atoms with E-state index in [1.54, 1.807) is 0 Å². The van der Waals surface area contributed by atoms with Gasteiger partial charge in [-0.05, 0) is 18.2 Å². The molecule has 0 saturated heterocycles. The van der Waals surface area contributed by atoms with Crippen molar-refractivity contribution in [2.24, 2.45) is 5.73 Å². The number of rotatable bonds is 4. The van der Waals surface area contributed by atoms with Gasteiger partial charge in [-0.25, -0.2) is 8.42 Å². The number of benzene rings is 1. The number of nitrogens with one attached hydrogen (secondary N) is 1. The molecule has 0 spiro atoms. The highest BCUT2D eigenvalue weighted by Crippen LogP contribution is 2.10. The Morgan fingerprint density at radius 3 is 2.67 bits per heavy atom. The summed E-state index contributed by atoms with van der Waals surface area (Å²) in [5.41, 5.74) is 5.13. The normalized spacial score (nSPS) is 11.3. The van der Waals surface area contributed by atoms with Gasteiger partial charge in [0.25, 0.3) is 10.0 Å². The largest absolute Gasteiger partial charge is 0.366 e. The molecule has 1 amide bonds. The highest BCUT2D eigenvalue weighted by atomic mass is 32.2. The molecule has 0 saturated carbocycles. The van der Waals surface area contributed by atoms with Crippen LogP contribution in [-0.4, -0.2) is 21.4 Å². The van der Waals surface area contributed by atoms with Gasteiger partial charge in [0.05, 0.1) is 12.0 Å². The fourth-order valence-corrected chi connectivity index (χ4v) is 1.83. The van der Waals surface area contributed by atoms with Crippen LogP contribution in [-0.2, 0) is 14.9 Å². The van der Waals surface area contributed by atoms with Gasteiger partial charge in [-0.2, -0.15) is 0 Å². The second kappa shape index (κ2) is 4.39. The Labute approximate surface area is 87.0 Å². The predicted octanol–water partition coefficient (Wildman–Crippen LogP) is -0.375. The summed E-state index contributed by atoms with van der Waals surface area (Å²) in [7, 11) is -2.57. The molecule has 0 aliphatic heterocycles. The third kappa shape index (κ3) is 2.75. The van der Waals surface area contributed by atoms with Gasteiger partial charge in [0.1, 0.15) is 0 Å². The van der Waals surface area contributed by atoms with Crippen LogP contribution >= 0.6 is 0 Å². The molecule has 0 unspecified atom stereocenters. The first kappa shape index (κ1) is 11.6. The number of hydrogen-bond acceptors (Lipinski definition) is 4. The number of primary amides is 1. The average Bonchev–Trinajstić information content (AvgIpc) is 2.18. The second-order valence-electron chi connectivity index (χ2n) is 2.68. The first-order valence-electron chi connectivity index (χ1n) is 3.92. The van der Waals surface area contributed by atoms with Gasteiger partial charge >= 0.3 is 0 Å². The smallest absolute Gasteiger partial charge is 0.262 e. The minimum Gasteiger partial charge on any atom is -0.366 e. The molecule has 1 aromatic carbocycles. The summed E-state index contributed by atoms with van der Waals surface area (Å²) in [4.78, 5) is 16.9. The number of carbonyl (C=O) groups is 1. The van der Waals surface area contributed by atoms with Crippen molar-refractivity contribution < 1.29 is 18.0 Å². The van der Waals surface area contributed by atoms with Gasteiger partial charge in [0, 0.05) is 5.56 Å². The highest BCUT2D eigenvalue weighted by Gasteiger charge is 2.14. The fraction of sp³-hybridized carbons (Fsp3) is 0.125. The Morgan fingerprint density at radius 1 is 1.47 bits per heavy atom. The number of hydrogen-bond donors (Lipinski definition) is 2.